The van der Waals surface area contributed by atoms with E-state index < -0.39 is 6.10 Å². The minimum Gasteiger partial charge on any atom is -0.376 e. The fraction of sp³-hybridized carbons (Fsp3) is 0.692. The van der Waals surface area contributed by atoms with Gasteiger partial charge in [0.2, 0.25) is 0 Å². The molecule has 0 unspecified atom stereocenters. The average Bonchev–Trinajstić information content (AvgIpc) is 3.02. The lowest BCUT2D eigenvalue weighted by molar-refractivity contribution is -0.126. The zero-order valence-corrected chi connectivity index (χ0v) is 11.5. The summed E-state index contributed by atoms with van der Waals surface area (Å²) < 4.78 is 12.6. The Bertz CT molecular complexity index is 413. The maximum Gasteiger partial charge on any atom is 0.253 e. The van der Waals surface area contributed by atoms with Crippen molar-refractivity contribution in [1.82, 2.24) is 9.78 Å². The Kier molecular flexibility index (Phi) is 4.93. The first-order chi connectivity index (χ1) is 9.19. The fourth-order valence-electron chi connectivity index (χ4n) is 2.09. The third-order valence-electron chi connectivity index (χ3n) is 3.10. The van der Waals surface area contributed by atoms with Gasteiger partial charge in [0.05, 0.1) is 24.5 Å². The third-order valence-corrected chi connectivity index (χ3v) is 3.10. The zero-order chi connectivity index (χ0) is 13.7. The summed E-state index contributed by atoms with van der Waals surface area (Å²) >= 11 is 0. The van der Waals surface area contributed by atoms with Gasteiger partial charge in [-0.2, -0.15) is 5.10 Å². The number of rotatable bonds is 6. The summed E-state index contributed by atoms with van der Waals surface area (Å²) in [6.07, 6.45) is 5.44. The van der Waals surface area contributed by atoms with E-state index in [1.807, 2.05) is 13.1 Å². The highest BCUT2D eigenvalue weighted by Gasteiger charge is 2.17. The Balaban J connectivity index is 1.84. The molecule has 19 heavy (non-hydrogen) atoms. The molecule has 0 radical (unpaired) electrons. The lowest BCUT2D eigenvalue weighted by Gasteiger charge is -2.10. The van der Waals surface area contributed by atoms with Gasteiger partial charge in [-0.1, -0.05) is 0 Å². The molecule has 1 aliphatic heterocycles. The third kappa shape index (κ3) is 4.04. The van der Waals surface area contributed by atoms with Crippen molar-refractivity contribution in [2.24, 2.45) is 0 Å². The lowest BCUT2D eigenvalue weighted by atomic mass is 10.2. The topological polar surface area (TPSA) is 65.4 Å². The molecule has 0 saturated carbocycles. The van der Waals surface area contributed by atoms with Crippen molar-refractivity contribution in [1.29, 1.82) is 0 Å². The van der Waals surface area contributed by atoms with Crippen LogP contribution in [0.5, 0.6) is 0 Å². The van der Waals surface area contributed by atoms with E-state index in [-0.39, 0.29) is 12.0 Å². The van der Waals surface area contributed by atoms with E-state index in [1.54, 1.807) is 17.8 Å². The van der Waals surface area contributed by atoms with Gasteiger partial charge in [0.25, 0.3) is 5.91 Å². The number of amides is 1. The van der Waals surface area contributed by atoms with E-state index in [4.69, 9.17) is 9.47 Å². The number of ether oxygens (including phenoxy) is 2. The fourth-order valence-corrected chi connectivity index (χ4v) is 2.09. The van der Waals surface area contributed by atoms with Crippen molar-refractivity contribution in [2.45, 2.75) is 45.4 Å². The highest BCUT2D eigenvalue weighted by molar-refractivity contribution is 5.93. The first-order valence-corrected chi connectivity index (χ1v) is 6.75. The number of nitrogens with one attached hydrogen (secondary N) is 1. The predicted octanol–water partition coefficient (Wildman–Crippen LogP) is 1.43. The summed E-state index contributed by atoms with van der Waals surface area (Å²) in [7, 11) is 0. The summed E-state index contributed by atoms with van der Waals surface area (Å²) in [4.78, 5) is 11.8. The highest BCUT2D eigenvalue weighted by atomic mass is 16.5. The molecular weight excluding hydrogens is 246 g/mol. The van der Waals surface area contributed by atoms with Gasteiger partial charge in [-0.25, -0.2) is 0 Å². The first kappa shape index (κ1) is 14.0. The van der Waals surface area contributed by atoms with Gasteiger partial charge in [0.1, 0.15) is 6.10 Å². The summed E-state index contributed by atoms with van der Waals surface area (Å²) in [6.45, 7) is 5.68. The van der Waals surface area contributed by atoms with Gasteiger partial charge in [-0.15, -0.1) is 0 Å². The van der Waals surface area contributed by atoms with Crippen LogP contribution >= 0.6 is 0 Å². The molecule has 0 aliphatic carbocycles. The molecule has 1 fully saturated rings. The lowest BCUT2D eigenvalue weighted by Crippen LogP contribution is -2.27. The standard InChI is InChI=1S/C13H21N3O3/c1-3-18-10(2)13(17)15-11-7-14-16(8-11)9-12-5-4-6-19-12/h7-8,10,12H,3-6,9H2,1-2H3,(H,15,17)/t10-,12-/m0/s1. The van der Waals surface area contributed by atoms with Gasteiger partial charge in [-0.05, 0) is 26.7 Å². The Hall–Kier alpha value is -1.40. The van der Waals surface area contributed by atoms with Gasteiger partial charge in [0.15, 0.2) is 0 Å². The van der Waals surface area contributed by atoms with Crippen molar-refractivity contribution in [3.8, 4) is 0 Å². The van der Waals surface area contributed by atoms with Crippen LogP contribution in [0.3, 0.4) is 0 Å². The van der Waals surface area contributed by atoms with Gasteiger partial charge in [-0.3, -0.25) is 9.48 Å². The van der Waals surface area contributed by atoms with Gasteiger partial charge in [0, 0.05) is 19.4 Å². The van der Waals surface area contributed by atoms with E-state index in [2.05, 4.69) is 10.4 Å². The minimum absolute atomic E-state index is 0.154. The van der Waals surface area contributed by atoms with Crippen molar-refractivity contribution >= 4 is 11.6 Å². The Morgan fingerprint density at radius 3 is 3.26 bits per heavy atom. The molecule has 2 atom stereocenters. The summed E-state index contributed by atoms with van der Waals surface area (Å²) in [5.41, 5.74) is 0.689. The monoisotopic (exact) mass is 267 g/mol. The van der Waals surface area contributed by atoms with Crippen LogP contribution in [0.15, 0.2) is 12.4 Å². The van der Waals surface area contributed by atoms with Crippen LogP contribution in [-0.2, 0) is 20.8 Å². The zero-order valence-electron chi connectivity index (χ0n) is 11.5. The molecule has 1 saturated heterocycles. The molecule has 1 amide bonds. The number of hydrogen-bond acceptors (Lipinski definition) is 4. The smallest absolute Gasteiger partial charge is 0.253 e. The summed E-state index contributed by atoms with van der Waals surface area (Å²) in [5, 5.41) is 7.00. The predicted molar refractivity (Wildman–Crippen MR) is 70.9 cm³/mol. The van der Waals surface area contributed by atoms with Crippen LogP contribution < -0.4 is 5.32 Å². The molecule has 0 spiro atoms. The molecule has 1 aromatic heterocycles. The average molecular weight is 267 g/mol. The molecule has 2 rings (SSSR count). The number of nitrogens with zero attached hydrogens (tertiary/aromatic N) is 2. The van der Waals surface area contributed by atoms with Crippen LogP contribution in [-0.4, -0.2) is 41.1 Å². The number of carbonyl (C=O) groups excluding carboxylic acids is 1. The Labute approximate surface area is 113 Å². The maximum atomic E-state index is 11.8. The van der Waals surface area contributed by atoms with E-state index in [9.17, 15) is 4.79 Å². The highest BCUT2D eigenvalue weighted by Crippen LogP contribution is 2.15. The Morgan fingerprint density at radius 1 is 1.74 bits per heavy atom. The molecule has 6 heteroatoms. The van der Waals surface area contributed by atoms with Crippen molar-refractivity contribution < 1.29 is 14.3 Å². The quantitative estimate of drug-likeness (QED) is 0.846. The van der Waals surface area contributed by atoms with Crippen LogP contribution in [0, 0.1) is 0 Å². The molecular formula is C13H21N3O3. The number of carbonyl (C=O) groups is 1. The van der Waals surface area contributed by atoms with E-state index in [0.29, 0.717) is 12.3 Å². The van der Waals surface area contributed by atoms with Gasteiger partial charge < -0.3 is 14.8 Å². The number of hydrogen-bond donors (Lipinski definition) is 1. The largest absolute Gasteiger partial charge is 0.376 e. The Morgan fingerprint density at radius 2 is 2.58 bits per heavy atom. The molecule has 1 N–H and O–H groups in total. The van der Waals surface area contributed by atoms with Crippen LogP contribution in [0.25, 0.3) is 0 Å². The first-order valence-electron chi connectivity index (χ1n) is 6.75. The molecule has 106 valence electrons. The molecule has 2 heterocycles. The molecule has 0 bridgehead atoms. The summed E-state index contributed by atoms with van der Waals surface area (Å²) in [5.74, 6) is -0.154. The van der Waals surface area contributed by atoms with E-state index in [1.165, 1.54) is 0 Å². The number of aromatic nitrogens is 2. The van der Waals surface area contributed by atoms with Crippen LogP contribution in [0.1, 0.15) is 26.7 Å². The second-order valence-electron chi connectivity index (χ2n) is 4.67. The van der Waals surface area contributed by atoms with Crippen molar-refractivity contribution in [2.75, 3.05) is 18.5 Å². The molecule has 1 aliphatic rings. The number of anilines is 1. The van der Waals surface area contributed by atoms with Gasteiger partial charge >= 0.3 is 0 Å². The van der Waals surface area contributed by atoms with E-state index >= 15 is 0 Å². The normalized spacial score (nSPS) is 20.4. The molecule has 1 aromatic rings. The van der Waals surface area contributed by atoms with Crippen molar-refractivity contribution in [3.63, 3.8) is 0 Å². The minimum atomic E-state index is -0.452. The SMILES string of the molecule is CCO[C@@H](C)C(=O)Nc1cnn(C[C@@H]2CCCO2)c1. The van der Waals surface area contributed by atoms with Crippen LogP contribution in [0.4, 0.5) is 5.69 Å². The second-order valence-corrected chi connectivity index (χ2v) is 4.67. The maximum absolute atomic E-state index is 11.8. The molecule has 6 nitrogen and oxygen atoms in total. The van der Waals surface area contributed by atoms with E-state index in [0.717, 1.165) is 26.0 Å². The molecule has 0 aromatic carbocycles. The second kappa shape index (κ2) is 6.68. The van der Waals surface area contributed by atoms with Crippen molar-refractivity contribution in [3.05, 3.63) is 12.4 Å². The van der Waals surface area contributed by atoms with Crippen LogP contribution in [0.2, 0.25) is 0 Å². The summed E-state index contributed by atoms with van der Waals surface area (Å²) in [6, 6.07) is 0.